The van der Waals surface area contributed by atoms with E-state index in [9.17, 15) is 9.18 Å². The quantitative estimate of drug-likeness (QED) is 0.847. The Kier molecular flexibility index (Phi) is 5.84. The number of amides is 1. The van der Waals surface area contributed by atoms with Crippen molar-refractivity contribution < 1.29 is 9.18 Å². The average molecular weight is 306 g/mol. The van der Waals surface area contributed by atoms with Crippen molar-refractivity contribution in [2.75, 3.05) is 18.6 Å². The van der Waals surface area contributed by atoms with Gasteiger partial charge >= 0.3 is 0 Å². The molecule has 1 aromatic rings. The minimum Gasteiger partial charge on any atom is -0.352 e. The first-order chi connectivity index (χ1) is 7.65. The van der Waals surface area contributed by atoms with Gasteiger partial charge in [0, 0.05) is 11.0 Å². The van der Waals surface area contributed by atoms with Crippen molar-refractivity contribution in [2.24, 2.45) is 0 Å². The summed E-state index contributed by atoms with van der Waals surface area (Å²) in [5, 5.41) is 2.69. The molecule has 0 atom stereocenters. The molecule has 0 aliphatic carbocycles. The Morgan fingerprint density at radius 3 is 3.00 bits per heavy atom. The Bertz CT molecular complexity index is 373. The third-order valence-corrected chi connectivity index (χ3v) is 3.17. The lowest BCUT2D eigenvalue weighted by Crippen LogP contribution is -2.25. The van der Waals surface area contributed by atoms with E-state index in [0.29, 0.717) is 11.0 Å². The van der Waals surface area contributed by atoms with Crippen LogP contribution >= 0.6 is 27.7 Å². The highest BCUT2D eigenvalue weighted by Crippen LogP contribution is 2.15. The third-order valence-electron chi connectivity index (χ3n) is 1.98. The van der Waals surface area contributed by atoms with Gasteiger partial charge in [-0.1, -0.05) is 15.9 Å². The summed E-state index contributed by atoms with van der Waals surface area (Å²) in [5.74, 6) is 0.131. The summed E-state index contributed by atoms with van der Waals surface area (Å²) < 4.78 is 14.0. The monoisotopic (exact) mass is 305 g/mol. The van der Waals surface area contributed by atoms with E-state index in [0.717, 1.165) is 12.2 Å². The zero-order valence-electron chi connectivity index (χ0n) is 8.93. The molecule has 0 heterocycles. The van der Waals surface area contributed by atoms with Gasteiger partial charge in [-0.2, -0.15) is 11.8 Å². The van der Waals surface area contributed by atoms with E-state index in [4.69, 9.17) is 0 Å². The molecule has 1 aromatic carbocycles. The zero-order valence-corrected chi connectivity index (χ0v) is 11.3. The lowest BCUT2D eigenvalue weighted by atomic mass is 10.2. The number of halogens is 2. The fourth-order valence-electron chi connectivity index (χ4n) is 1.19. The molecule has 0 aliphatic rings. The molecule has 0 spiro atoms. The summed E-state index contributed by atoms with van der Waals surface area (Å²) in [6.07, 6.45) is 2.90. The molecule has 1 rings (SSSR count). The second-order valence-electron chi connectivity index (χ2n) is 3.23. The first-order valence-corrected chi connectivity index (χ1v) is 7.06. The van der Waals surface area contributed by atoms with Crippen LogP contribution in [0.25, 0.3) is 0 Å². The fourth-order valence-corrected chi connectivity index (χ4v) is 1.98. The molecule has 88 valence electrons. The van der Waals surface area contributed by atoms with Gasteiger partial charge in [0.15, 0.2) is 0 Å². The standard InChI is InChI=1S/C11H13BrFNOS/c1-16-6-2-5-14-11(15)9-7-8(12)3-4-10(9)13/h3-4,7H,2,5-6H2,1H3,(H,14,15). The molecular weight excluding hydrogens is 293 g/mol. The SMILES string of the molecule is CSCCCNC(=O)c1cc(Br)ccc1F. The Labute approximate surface area is 107 Å². The summed E-state index contributed by atoms with van der Waals surface area (Å²) in [6, 6.07) is 4.33. The molecule has 0 unspecified atom stereocenters. The van der Waals surface area contributed by atoms with Gasteiger partial charge in [0.2, 0.25) is 0 Å². The number of thioether (sulfide) groups is 1. The van der Waals surface area contributed by atoms with Crippen LogP contribution in [-0.2, 0) is 0 Å². The summed E-state index contributed by atoms with van der Waals surface area (Å²) >= 11 is 4.93. The maximum atomic E-state index is 13.3. The molecule has 0 fully saturated rings. The van der Waals surface area contributed by atoms with E-state index in [1.807, 2.05) is 6.26 Å². The van der Waals surface area contributed by atoms with E-state index in [-0.39, 0.29) is 11.5 Å². The molecule has 0 saturated heterocycles. The fraction of sp³-hybridized carbons (Fsp3) is 0.364. The van der Waals surface area contributed by atoms with Crippen LogP contribution in [0.2, 0.25) is 0 Å². The van der Waals surface area contributed by atoms with Crippen molar-refractivity contribution in [3.63, 3.8) is 0 Å². The molecule has 0 aliphatic heterocycles. The van der Waals surface area contributed by atoms with Crippen molar-refractivity contribution in [1.29, 1.82) is 0 Å². The van der Waals surface area contributed by atoms with E-state index in [1.54, 1.807) is 17.8 Å². The Hall–Kier alpha value is -0.550. The third kappa shape index (κ3) is 4.14. The highest BCUT2D eigenvalue weighted by Gasteiger charge is 2.11. The minimum absolute atomic E-state index is 0.0820. The van der Waals surface area contributed by atoms with Crippen LogP contribution in [0.5, 0.6) is 0 Å². The molecule has 0 saturated carbocycles. The van der Waals surface area contributed by atoms with Crippen LogP contribution in [0.4, 0.5) is 4.39 Å². The van der Waals surface area contributed by atoms with E-state index in [1.165, 1.54) is 12.1 Å². The second kappa shape index (κ2) is 6.91. The lowest BCUT2D eigenvalue weighted by molar-refractivity contribution is 0.0949. The molecular formula is C11H13BrFNOS. The highest BCUT2D eigenvalue weighted by molar-refractivity contribution is 9.10. The summed E-state index contributed by atoms with van der Waals surface area (Å²) in [4.78, 5) is 11.6. The lowest BCUT2D eigenvalue weighted by Gasteiger charge is -2.05. The number of rotatable bonds is 5. The molecule has 5 heteroatoms. The van der Waals surface area contributed by atoms with Crippen LogP contribution in [0.1, 0.15) is 16.8 Å². The normalized spacial score (nSPS) is 10.2. The number of hydrogen-bond acceptors (Lipinski definition) is 2. The maximum absolute atomic E-state index is 13.3. The van der Waals surface area contributed by atoms with Crippen molar-refractivity contribution in [3.05, 3.63) is 34.1 Å². The van der Waals surface area contributed by atoms with Crippen molar-refractivity contribution in [2.45, 2.75) is 6.42 Å². The molecule has 2 nitrogen and oxygen atoms in total. The van der Waals surface area contributed by atoms with Crippen LogP contribution < -0.4 is 5.32 Å². The smallest absolute Gasteiger partial charge is 0.254 e. The number of benzene rings is 1. The van der Waals surface area contributed by atoms with Crippen molar-refractivity contribution in [1.82, 2.24) is 5.32 Å². The molecule has 1 amide bonds. The predicted molar refractivity (Wildman–Crippen MR) is 69.4 cm³/mol. The number of hydrogen-bond donors (Lipinski definition) is 1. The van der Waals surface area contributed by atoms with E-state index in [2.05, 4.69) is 21.2 Å². The molecule has 0 bridgehead atoms. The van der Waals surface area contributed by atoms with Gasteiger partial charge in [0.1, 0.15) is 5.82 Å². The Balaban J connectivity index is 2.55. The minimum atomic E-state index is -0.495. The van der Waals surface area contributed by atoms with Crippen molar-refractivity contribution in [3.8, 4) is 0 Å². The number of carbonyl (C=O) groups is 1. The molecule has 16 heavy (non-hydrogen) atoms. The van der Waals surface area contributed by atoms with E-state index >= 15 is 0 Å². The van der Waals surface area contributed by atoms with E-state index < -0.39 is 5.82 Å². The Morgan fingerprint density at radius 1 is 1.56 bits per heavy atom. The summed E-state index contributed by atoms with van der Waals surface area (Å²) in [5.41, 5.74) is 0.0820. The second-order valence-corrected chi connectivity index (χ2v) is 5.13. The van der Waals surface area contributed by atoms with Crippen LogP contribution in [-0.4, -0.2) is 24.5 Å². The zero-order chi connectivity index (χ0) is 12.0. The van der Waals surface area contributed by atoms with Gasteiger partial charge in [-0.25, -0.2) is 4.39 Å². The topological polar surface area (TPSA) is 29.1 Å². The van der Waals surface area contributed by atoms with Crippen LogP contribution in [0, 0.1) is 5.82 Å². The molecule has 0 aromatic heterocycles. The number of nitrogens with one attached hydrogen (secondary N) is 1. The van der Waals surface area contributed by atoms with Crippen molar-refractivity contribution >= 4 is 33.6 Å². The summed E-state index contributed by atoms with van der Waals surface area (Å²) in [6.45, 7) is 0.575. The van der Waals surface area contributed by atoms with Gasteiger partial charge < -0.3 is 5.32 Å². The van der Waals surface area contributed by atoms with Crippen LogP contribution in [0.15, 0.2) is 22.7 Å². The maximum Gasteiger partial charge on any atom is 0.254 e. The van der Waals surface area contributed by atoms with Gasteiger partial charge in [0.05, 0.1) is 5.56 Å². The Morgan fingerprint density at radius 2 is 2.31 bits per heavy atom. The van der Waals surface area contributed by atoms with Gasteiger partial charge in [-0.15, -0.1) is 0 Å². The predicted octanol–water partition coefficient (Wildman–Crippen LogP) is 3.07. The largest absolute Gasteiger partial charge is 0.352 e. The van der Waals surface area contributed by atoms with Crippen LogP contribution in [0.3, 0.4) is 0 Å². The van der Waals surface area contributed by atoms with Gasteiger partial charge in [-0.05, 0) is 36.6 Å². The summed E-state index contributed by atoms with van der Waals surface area (Å²) in [7, 11) is 0. The number of carbonyl (C=O) groups excluding carboxylic acids is 1. The first-order valence-electron chi connectivity index (χ1n) is 4.87. The average Bonchev–Trinajstić information content (AvgIpc) is 2.27. The first kappa shape index (κ1) is 13.5. The molecule has 0 radical (unpaired) electrons. The molecule has 1 N–H and O–H groups in total. The highest BCUT2D eigenvalue weighted by atomic mass is 79.9. The van der Waals surface area contributed by atoms with Gasteiger partial charge in [0.25, 0.3) is 5.91 Å². The van der Waals surface area contributed by atoms with Gasteiger partial charge in [-0.3, -0.25) is 4.79 Å².